The van der Waals surface area contributed by atoms with Gasteiger partial charge in [-0.3, -0.25) is 4.79 Å². The largest absolute Gasteiger partial charge is 0.397 e. The number of amides is 1. The van der Waals surface area contributed by atoms with Crippen molar-refractivity contribution in [2.75, 3.05) is 11.1 Å². The van der Waals surface area contributed by atoms with Crippen molar-refractivity contribution in [2.24, 2.45) is 0 Å². The number of nitrogens with one attached hydrogen (secondary N) is 1. The average molecular weight is 310 g/mol. The van der Waals surface area contributed by atoms with E-state index in [2.05, 4.69) is 26.2 Å². The Balaban J connectivity index is 2.21. The number of nitrogens with two attached hydrogens (primary N) is 1. The number of carbonyl (C=O) groups is 1. The number of rotatable bonds is 2. The van der Waals surface area contributed by atoms with Gasteiger partial charge in [0.05, 0.1) is 17.6 Å². The van der Waals surface area contributed by atoms with Crippen LogP contribution in [-0.2, 0) is 0 Å². The van der Waals surface area contributed by atoms with Gasteiger partial charge in [0.2, 0.25) is 0 Å². The molecule has 18 heavy (non-hydrogen) atoms. The predicted molar refractivity (Wildman–Crippen MR) is 70.7 cm³/mol. The Bertz CT molecular complexity index is 586. The first-order valence-corrected chi connectivity index (χ1v) is 5.83. The Morgan fingerprint density at radius 1 is 1.33 bits per heavy atom. The molecule has 1 aromatic carbocycles. The third-order valence-electron chi connectivity index (χ3n) is 2.20. The van der Waals surface area contributed by atoms with Crippen LogP contribution in [0, 0.1) is 5.82 Å². The first-order valence-electron chi connectivity index (χ1n) is 5.04. The maximum atomic E-state index is 13.4. The first-order chi connectivity index (χ1) is 8.56. The fourth-order valence-corrected chi connectivity index (χ4v) is 1.68. The van der Waals surface area contributed by atoms with Crippen molar-refractivity contribution < 1.29 is 9.18 Å². The van der Waals surface area contributed by atoms with Crippen LogP contribution in [-0.4, -0.2) is 10.9 Å². The highest BCUT2D eigenvalue weighted by Gasteiger charge is 2.10. The summed E-state index contributed by atoms with van der Waals surface area (Å²) in [5.41, 5.74) is 6.18. The van der Waals surface area contributed by atoms with Crippen molar-refractivity contribution in [3.8, 4) is 0 Å². The molecular weight excluding hydrogens is 301 g/mol. The van der Waals surface area contributed by atoms with Gasteiger partial charge in [-0.15, -0.1) is 0 Å². The normalized spacial score (nSPS) is 10.1. The lowest BCUT2D eigenvalue weighted by Gasteiger charge is -2.06. The van der Waals surface area contributed by atoms with E-state index in [9.17, 15) is 9.18 Å². The van der Waals surface area contributed by atoms with Crippen LogP contribution in [0.2, 0.25) is 0 Å². The number of benzene rings is 1. The lowest BCUT2D eigenvalue weighted by molar-refractivity contribution is 0.102. The minimum atomic E-state index is -0.512. The lowest BCUT2D eigenvalue weighted by Crippen LogP contribution is -2.14. The van der Waals surface area contributed by atoms with E-state index < -0.39 is 11.7 Å². The van der Waals surface area contributed by atoms with Crippen LogP contribution in [0.1, 0.15) is 10.5 Å². The molecule has 3 N–H and O–H groups in total. The summed E-state index contributed by atoms with van der Waals surface area (Å²) in [6, 6.07) is 7.31. The van der Waals surface area contributed by atoms with E-state index in [1.54, 1.807) is 12.1 Å². The molecule has 0 spiro atoms. The molecule has 0 atom stereocenters. The van der Waals surface area contributed by atoms with Crippen LogP contribution in [0.5, 0.6) is 0 Å². The van der Waals surface area contributed by atoms with Crippen molar-refractivity contribution in [1.82, 2.24) is 4.98 Å². The van der Waals surface area contributed by atoms with Gasteiger partial charge in [-0.2, -0.15) is 0 Å². The Hall–Kier alpha value is -1.95. The molecule has 0 aliphatic heterocycles. The molecule has 0 radical (unpaired) electrons. The van der Waals surface area contributed by atoms with Crippen molar-refractivity contribution in [2.45, 2.75) is 0 Å². The highest BCUT2D eigenvalue weighted by Crippen LogP contribution is 2.20. The SMILES string of the molecule is Nc1ccc(C(=O)Nc2cc(Br)ccc2F)nc1. The Morgan fingerprint density at radius 3 is 2.78 bits per heavy atom. The van der Waals surface area contributed by atoms with Crippen molar-refractivity contribution in [3.63, 3.8) is 0 Å². The smallest absolute Gasteiger partial charge is 0.274 e. The van der Waals surface area contributed by atoms with Crippen LogP contribution < -0.4 is 11.1 Å². The number of aromatic nitrogens is 1. The molecule has 0 unspecified atom stereocenters. The molecule has 4 nitrogen and oxygen atoms in total. The zero-order valence-electron chi connectivity index (χ0n) is 9.15. The van der Waals surface area contributed by atoms with Crippen LogP contribution in [0.25, 0.3) is 0 Å². The second-order valence-electron chi connectivity index (χ2n) is 3.56. The maximum absolute atomic E-state index is 13.4. The van der Waals surface area contributed by atoms with Crippen LogP contribution in [0.3, 0.4) is 0 Å². The number of carbonyl (C=O) groups excluding carboxylic acids is 1. The summed E-state index contributed by atoms with van der Waals surface area (Å²) in [5.74, 6) is -1.01. The fraction of sp³-hybridized carbons (Fsp3) is 0. The fourth-order valence-electron chi connectivity index (χ4n) is 1.32. The molecular formula is C12H9BrFN3O. The molecule has 2 aromatic rings. The van der Waals surface area contributed by atoms with Crippen molar-refractivity contribution in [3.05, 3.63) is 52.5 Å². The van der Waals surface area contributed by atoms with Gasteiger partial charge in [0.1, 0.15) is 11.5 Å². The summed E-state index contributed by atoms with van der Waals surface area (Å²) < 4.78 is 14.1. The number of nitrogens with zero attached hydrogens (tertiary/aromatic N) is 1. The Kier molecular flexibility index (Phi) is 3.57. The number of halogens is 2. The van der Waals surface area contributed by atoms with E-state index in [1.165, 1.54) is 24.4 Å². The third kappa shape index (κ3) is 2.84. The third-order valence-corrected chi connectivity index (χ3v) is 2.69. The quantitative estimate of drug-likeness (QED) is 0.896. The van der Waals surface area contributed by atoms with E-state index >= 15 is 0 Å². The van der Waals surface area contributed by atoms with Gasteiger partial charge in [-0.1, -0.05) is 15.9 Å². The molecule has 1 heterocycles. The Morgan fingerprint density at radius 2 is 2.11 bits per heavy atom. The second kappa shape index (κ2) is 5.14. The summed E-state index contributed by atoms with van der Waals surface area (Å²) in [6.45, 7) is 0. The second-order valence-corrected chi connectivity index (χ2v) is 4.47. The molecule has 1 amide bonds. The minimum Gasteiger partial charge on any atom is -0.397 e. The minimum absolute atomic E-state index is 0.0907. The molecule has 0 bridgehead atoms. The van der Waals surface area contributed by atoms with Gasteiger partial charge < -0.3 is 11.1 Å². The van der Waals surface area contributed by atoms with E-state index in [0.717, 1.165) is 0 Å². The van der Waals surface area contributed by atoms with Gasteiger partial charge in [-0.25, -0.2) is 9.37 Å². The highest BCUT2D eigenvalue weighted by molar-refractivity contribution is 9.10. The van der Waals surface area contributed by atoms with Crippen molar-refractivity contribution in [1.29, 1.82) is 0 Å². The van der Waals surface area contributed by atoms with Gasteiger partial charge in [-0.05, 0) is 30.3 Å². The molecule has 6 heteroatoms. The molecule has 92 valence electrons. The monoisotopic (exact) mass is 309 g/mol. The first kappa shape index (κ1) is 12.5. The van der Waals surface area contributed by atoms with Gasteiger partial charge in [0.25, 0.3) is 5.91 Å². The van der Waals surface area contributed by atoms with Crippen LogP contribution in [0.15, 0.2) is 41.0 Å². The number of hydrogen-bond acceptors (Lipinski definition) is 3. The van der Waals surface area contributed by atoms with Gasteiger partial charge in [0.15, 0.2) is 0 Å². The van der Waals surface area contributed by atoms with E-state index in [1.807, 2.05) is 0 Å². The molecule has 0 aliphatic rings. The standard InChI is InChI=1S/C12H9BrFN3O/c13-7-1-3-9(14)11(5-7)17-12(18)10-4-2-8(15)6-16-10/h1-6H,15H2,(H,17,18). The molecule has 1 aromatic heterocycles. The summed E-state index contributed by atoms with van der Waals surface area (Å²) >= 11 is 3.20. The van der Waals surface area contributed by atoms with E-state index in [0.29, 0.717) is 10.2 Å². The number of anilines is 2. The molecule has 2 rings (SSSR count). The van der Waals surface area contributed by atoms with Crippen LogP contribution in [0.4, 0.5) is 15.8 Å². The molecule has 0 saturated heterocycles. The predicted octanol–water partition coefficient (Wildman–Crippen LogP) is 2.82. The van der Waals surface area contributed by atoms with E-state index in [-0.39, 0.29) is 11.4 Å². The number of pyridine rings is 1. The molecule has 0 saturated carbocycles. The zero-order valence-corrected chi connectivity index (χ0v) is 10.7. The van der Waals surface area contributed by atoms with Gasteiger partial charge in [0, 0.05) is 4.47 Å². The average Bonchev–Trinajstić information content (AvgIpc) is 2.34. The number of hydrogen-bond donors (Lipinski definition) is 2. The molecule has 0 aliphatic carbocycles. The lowest BCUT2D eigenvalue weighted by atomic mass is 10.2. The molecule has 0 fully saturated rings. The zero-order chi connectivity index (χ0) is 13.1. The summed E-state index contributed by atoms with van der Waals surface area (Å²) in [4.78, 5) is 15.6. The summed E-state index contributed by atoms with van der Waals surface area (Å²) in [6.07, 6.45) is 1.37. The van der Waals surface area contributed by atoms with E-state index in [4.69, 9.17) is 5.73 Å². The maximum Gasteiger partial charge on any atom is 0.274 e. The van der Waals surface area contributed by atoms with Crippen molar-refractivity contribution >= 4 is 33.2 Å². The highest BCUT2D eigenvalue weighted by atomic mass is 79.9. The summed E-state index contributed by atoms with van der Waals surface area (Å²) in [5, 5.41) is 2.44. The topological polar surface area (TPSA) is 68.0 Å². The summed E-state index contributed by atoms with van der Waals surface area (Å²) in [7, 11) is 0. The number of nitrogen functional groups attached to an aromatic ring is 1. The Labute approximate surface area is 111 Å². The van der Waals surface area contributed by atoms with Crippen LogP contribution >= 0.6 is 15.9 Å². The van der Waals surface area contributed by atoms with Gasteiger partial charge >= 0.3 is 0 Å².